The highest BCUT2D eigenvalue weighted by molar-refractivity contribution is 5.94. The number of nitrogens with one attached hydrogen (secondary N) is 1. The van der Waals surface area contributed by atoms with Gasteiger partial charge in [0.15, 0.2) is 11.5 Å². The van der Waals surface area contributed by atoms with Gasteiger partial charge in [-0.1, -0.05) is 12.1 Å². The summed E-state index contributed by atoms with van der Waals surface area (Å²) in [5.74, 6) is 0.750. The fourth-order valence-corrected chi connectivity index (χ4v) is 2.38. The van der Waals surface area contributed by atoms with Crippen LogP contribution in [0.5, 0.6) is 11.5 Å². The lowest BCUT2D eigenvalue weighted by Crippen LogP contribution is -2.28. The van der Waals surface area contributed by atoms with Crippen molar-refractivity contribution in [1.29, 1.82) is 0 Å². The van der Waals surface area contributed by atoms with E-state index < -0.39 is 6.10 Å². The van der Waals surface area contributed by atoms with Gasteiger partial charge < -0.3 is 24.8 Å². The molecule has 134 valence electrons. The molecule has 0 saturated carbocycles. The van der Waals surface area contributed by atoms with Gasteiger partial charge in [0.05, 0.1) is 20.3 Å². The first kappa shape index (κ1) is 18.6. The van der Waals surface area contributed by atoms with Gasteiger partial charge in [0.2, 0.25) is 0 Å². The molecule has 0 saturated heterocycles. The molecule has 2 aromatic rings. The lowest BCUT2D eigenvalue weighted by Gasteiger charge is -2.16. The molecule has 2 aromatic carbocycles. The van der Waals surface area contributed by atoms with Crippen molar-refractivity contribution in [2.24, 2.45) is 0 Å². The second-order valence-electron chi connectivity index (χ2n) is 5.78. The molecule has 1 unspecified atom stereocenters. The van der Waals surface area contributed by atoms with E-state index in [1.165, 1.54) is 14.2 Å². The van der Waals surface area contributed by atoms with E-state index in [2.05, 4.69) is 5.32 Å². The van der Waals surface area contributed by atoms with E-state index in [9.17, 15) is 9.90 Å². The number of hydrogen-bond donors (Lipinski definition) is 2. The number of aliphatic hydroxyl groups excluding tert-OH is 1. The lowest BCUT2D eigenvalue weighted by atomic mass is 10.1. The first-order valence-corrected chi connectivity index (χ1v) is 7.91. The quantitative estimate of drug-likeness (QED) is 0.806. The van der Waals surface area contributed by atoms with Crippen molar-refractivity contribution in [3.8, 4) is 11.5 Å². The molecule has 2 rings (SSSR count). The smallest absolute Gasteiger partial charge is 0.251 e. The maximum Gasteiger partial charge on any atom is 0.251 e. The van der Waals surface area contributed by atoms with Crippen LogP contribution in [-0.4, -0.2) is 45.9 Å². The molecular weight excluding hydrogens is 320 g/mol. The van der Waals surface area contributed by atoms with E-state index in [1.54, 1.807) is 18.2 Å². The number of hydrogen-bond acceptors (Lipinski definition) is 5. The highest BCUT2D eigenvalue weighted by Crippen LogP contribution is 2.27. The Morgan fingerprint density at radius 1 is 1.08 bits per heavy atom. The SMILES string of the molecule is COc1ccc(C(=O)NCC(O)c2ccc(N(C)C)cc2)cc1OC. The van der Waals surface area contributed by atoms with E-state index in [0.29, 0.717) is 17.1 Å². The zero-order chi connectivity index (χ0) is 18.4. The number of amides is 1. The van der Waals surface area contributed by atoms with Gasteiger partial charge in [-0.05, 0) is 35.9 Å². The molecule has 0 aliphatic rings. The molecule has 0 radical (unpaired) electrons. The Hall–Kier alpha value is -2.73. The van der Waals surface area contributed by atoms with Crippen LogP contribution in [0.25, 0.3) is 0 Å². The number of methoxy groups -OCH3 is 2. The van der Waals surface area contributed by atoms with Crippen molar-refractivity contribution >= 4 is 11.6 Å². The second-order valence-corrected chi connectivity index (χ2v) is 5.78. The van der Waals surface area contributed by atoms with E-state index in [0.717, 1.165) is 11.3 Å². The fraction of sp³-hybridized carbons (Fsp3) is 0.316. The predicted molar refractivity (Wildman–Crippen MR) is 97.6 cm³/mol. The van der Waals surface area contributed by atoms with E-state index in [-0.39, 0.29) is 12.5 Å². The van der Waals surface area contributed by atoms with Crippen LogP contribution in [0.2, 0.25) is 0 Å². The third-order valence-electron chi connectivity index (χ3n) is 3.90. The van der Waals surface area contributed by atoms with Gasteiger partial charge in [0, 0.05) is 31.9 Å². The van der Waals surface area contributed by atoms with Crippen LogP contribution in [0, 0.1) is 0 Å². The van der Waals surface area contributed by atoms with E-state index >= 15 is 0 Å². The number of rotatable bonds is 7. The standard InChI is InChI=1S/C19H24N2O4/c1-21(2)15-8-5-13(6-9-15)16(22)12-20-19(23)14-7-10-17(24-3)18(11-14)25-4/h5-11,16,22H,12H2,1-4H3,(H,20,23). The van der Waals surface area contributed by atoms with Crippen molar-refractivity contribution in [2.75, 3.05) is 39.8 Å². The van der Waals surface area contributed by atoms with E-state index in [4.69, 9.17) is 9.47 Å². The molecule has 6 nitrogen and oxygen atoms in total. The lowest BCUT2D eigenvalue weighted by molar-refractivity contribution is 0.0916. The average molecular weight is 344 g/mol. The van der Waals surface area contributed by atoms with Crippen LogP contribution in [0.15, 0.2) is 42.5 Å². The topological polar surface area (TPSA) is 71.0 Å². The molecule has 0 heterocycles. The average Bonchev–Trinajstić information content (AvgIpc) is 2.65. The van der Waals surface area contributed by atoms with Gasteiger partial charge in [-0.2, -0.15) is 0 Å². The number of aliphatic hydroxyl groups is 1. The van der Waals surface area contributed by atoms with Crippen molar-refractivity contribution in [3.63, 3.8) is 0 Å². The molecule has 0 fully saturated rings. The molecule has 0 aliphatic heterocycles. The highest BCUT2D eigenvalue weighted by Gasteiger charge is 2.13. The van der Waals surface area contributed by atoms with Gasteiger partial charge >= 0.3 is 0 Å². The monoisotopic (exact) mass is 344 g/mol. The summed E-state index contributed by atoms with van der Waals surface area (Å²) >= 11 is 0. The Bertz CT molecular complexity index is 714. The van der Waals surface area contributed by atoms with E-state index in [1.807, 2.05) is 43.3 Å². The van der Waals surface area contributed by atoms with Gasteiger partial charge in [-0.15, -0.1) is 0 Å². The molecule has 0 aliphatic carbocycles. The van der Waals surface area contributed by atoms with Crippen LogP contribution >= 0.6 is 0 Å². The minimum absolute atomic E-state index is 0.120. The Balaban J connectivity index is 1.99. The van der Waals surface area contributed by atoms with Crippen molar-refractivity contribution < 1.29 is 19.4 Å². The number of nitrogens with zero attached hydrogens (tertiary/aromatic N) is 1. The minimum Gasteiger partial charge on any atom is -0.493 e. The fourth-order valence-electron chi connectivity index (χ4n) is 2.38. The predicted octanol–water partition coefficient (Wildman–Crippen LogP) is 2.23. The first-order valence-electron chi connectivity index (χ1n) is 7.91. The number of carbonyl (C=O) groups excluding carboxylic acids is 1. The highest BCUT2D eigenvalue weighted by atomic mass is 16.5. The summed E-state index contributed by atoms with van der Waals surface area (Å²) in [6.45, 7) is 0.120. The van der Waals surface area contributed by atoms with Crippen molar-refractivity contribution in [3.05, 3.63) is 53.6 Å². The van der Waals surface area contributed by atoms with Gasteiger partial charge in [0.1, 0.15) is 0 Å². The van der Waals surface area contributed by atoms with Crippen molar-refractivity contribution in [2.45, 2.75) is 6.10 Å². The summed E-state index contributed by atoms with van der Waals surface area (Å²) in [7, 11) is 6.96. The summed E-state index contributed by atoms with van der Waals surface area (Å²) in [5, 5.41) is 13.0. The van der Waals surface area contributed by atoms with Crippen LogP contribution in [0.4, 0.5) is 5.69 Å². The number of ether oxygens (including phenoxy) is 2. The van der Waals surface area contributed by atoms with Crippen LogP contribution in [0.1, 0.15) is 22.0 Å². The molecular formula is C19H24N2O4. The normalized spacial score (nSPS) is 11.6. The number of anilines is 1. The Kier molecular flexibility index (Phi) is 6.25. The molecule has 0 bridgehead atoms. The summed E-state index contributed by atoms with van der Waals surface area (Å²) in [5.41, 5.74) is 2.23. The van der Waals surface area contributed by atoms with Crippen LogP contribution < -0.4 is 19.7 Å². The van der Waals surface area contributed by atoms with Gasteiger partial charge in [-0.3, -0.25) is 4.79 Å². The Morgan fingerprint density at radius 3 is 2.28 bits per heavy atom. The maximum atomic E-state index is 12.3. The molecule has 1 atom stereocenters. The molecule has 0 aromatic heterocycles. The molecule has 6 heteroatoms. The maximum absolute atomic E-state index is 12.3. The minimum atomic E-state index is -0.777. The molecule has 2 N–H and O–H groups in total. The summed E-state index contributed by atoms with van der Waals surface area (Å²) < 4.78 is 10.3. The molecule has 25 heavy (non-hydrogen) atoms. The summed E-state index contributed by atoms with van der Waals surface area (Å²) in [4.78, 5) is 14.2. The zero-order valence-electron chi connectivity index (χ0n) is 14.9. The van der Waals surface area contributed by atoms with Crippen LogP contribution in [-0.2, 0) is 0 Å². The first-order chi connectivity index (χ1) is 12.0. The Morgan fingerprint density at radius 2 is 1.72 bits per heavy atom. The third-order valence-corrected chi connectivity index (χ3v) is 3.90. The Labute approximate surface area is 148 Å². The largest absolute Gasteiger partial charge is 0.493 e. The van der Waals surface area contributed by atoms with Gasteiger partial charge in [-0.25, -0.2) is 0 Å². The number of benzene rings is 2. The van der Waals surface area contributed by atoms with Gasteiger partial charge in [0.25, 0.3) is 5.91 Å². The summed E-state index contributed by atoms with van der Waals surface area (Å²) in [6, 6.07) is 12.5. The second kappa shape index (κ2) is 8.39. The molecule has 1 amide bonds. The zero-order valence-corrected chi connectivity index (χ0v) is 14.9. The van der Waals surface area contributed by atoms with Crippen LogP contribution in [0.3, 0.4) is 0 Å². The third kappa shape index (κ3) is 4.64. The molecule has 0 spiro atoms. The van der Waals surface area contributed by atoms with Crippen molar-refractivity contribution in [1.82, 2.24) is 5.32 Å². The number of carbonyl (C=O) groups is 1. The summed E-state index contributed by atoms with van der Waals surface area (Å²) in [6.07, 6.45) is -0.777.